The van der Waals surface area contributed by atoms with E-state index in [0.29, 0.717) is 11.4 Å². The molecule has 0 spiro atoms. The second-order valence-electron chi connectivity index (χ2n) is 3.91. The molecule has 6 nitrogen and oxygen atoms in total. The molecule has 1 N–H and O–H groups in total. The van der Waals surface area contributed by atoms with Crippen molar-refractivity contribution in [1.29, 1.82) is 0 Å². The first-order valence-electron chi connectivity index (χ1n) is 5.50. The summed E-state index contributed by atoms with van der Waals surface area (Å²) in [7, 11) is 0. The van der Waals surface area contributed by atoms with E-state index in [1.165, 1.54) is 0 Å². The third-order valence-electron chi connectivity index (χ3n) is 2.84. The standard InChI is InChI=1S/C12H8N6/c1-3-14-12-17-9(6-18(12)5-1)8-2-4-13-11-10(8)15-7-16-11/h1-7H,(H,13,15,16). The van der Waals surface area contributed by atoms with Gasteiger partial charge < -0.3 is 4.98 Å². The van der Waals surface area contributed by atoms with Crippen LogP contribution in [0.25, 0.3) is 28.2 Å². The highest BCUT2D eigenvalue weighted by atomic mass is 15.1. The van der Waals surface area contributed by atoms with Gasteiger partial charge in [-0.1, -0.05) is 0 Å². The zero-order valence-corrected chi connectivity index (χ0v) is 9.28. The van der Waals surface area contributed by atoms with E-state index in [1.54, 1.807) is 18.7 Å². The molecule has 0 atom stereocenters. The van der Waals surface area contributed by atoms with E-state index >= 15 is 0 Å². The van der Waals surface area contributed by atoms with Crippen molar-refractivity contribution < 1.29 is 0 Å². The third-order valence-corrected chi connectivity index (χ3v) is 2.84. The van der Waals surface area contributed by atoms with Gasteiger partial charge in [0, 0.05) is 30.4 Å². The van der Waals surface area contributed by atoms with Crippen LogP contribution in [-0.2, 0) is 0 Å². The van der Waals surface area contributed by atoms with Gasteiger partial charge in [-0.05, 0) is 12.1 Å². The molecule has 0 aromatic carbocycles. The lowest BCUT2D eigenvalue weighted by molar-refractivity contribution is 1.11. The third kappa shape index (κ3) is 1.22. The van der Waals surface area contributed by atoms with E-state index in [-0.39, 0.29) is 0 Å². The molecule has 6 heteroatoms. The molecule has 0 radical (unpaired) electrons. The van der Waals surface area contributed by atoms with E-state index in [0.717, 1.165) is 16.8 Å². The van der Waals surface area contributed by atoms with Crippen molar-refractivity contribution in [2.45, 2.75) is 0 Å². The number of H-pyrrole nitrogens is 1. The molecule has 0 saturated carbocycles. The molecular formula is C12H8N6. The number of fused-ring (bicyclic) bond motifs is 2. The van der Waals surface area contributed by atoms with Crippen LogP contribution in [0.5, 0.6) is 0 Å². The number of hydrogen-bond donors (Lipinski definition) is 1. The van der Waals surface area contributed by atoms with E-state index < -0.39 is 0 Å². The van der Waals surface area contributed by atoms with Crippen LogP contribution < -0.4 is 0 Å². The molecular weight excluding hydrogens is 228 g/mol. The number of hydrogen-bond acceptors (Lipinski definition) is 4. The molecule has 4 aromatic heterocycles. The first-order valence-corrected chi connectivity index (χ1v) is 5.50. The molecule has 86 valence electrons. The lowest BCUT2D eigenvalue weighted by atomic mass is 10.2. The maximum atomic E-state index is 4.49. The molecule has 0 aliphatic rings. The number of nitrogens with one attached hydrogen (secondary N) is 1. The molecule has 4 rings (SSSR count). The van der Waals surface area contributed by atoms with Gasteiger partial charge >= 0.3 is 0 Å². The van der Waals surface area contributed by atoms with E-state index in [9.17, 15) is 0 Å². The van der Waals surface area contributed by atoms with Gasteiger partial charge in [-0.2, -0.15) is 0 Å². The van der Waals surface area contributed by atoms with Crippen molar-refractivity contribution in [3.63, 3.8) is 0 Å². The predicted molar refractivity (Wildman–Crippen MR) is 65.9 cm³/mol. The molecule has 0 unspecified atom stereocenters. The Morgan fingerprint density at radius 1 is 1.11 bits per heavy atom. The van der Waals surface area contributed by atoms with Crippen LogP contribution in [0.1, 0.15) is 0 Å². The van der Waals surface area contributed by atoms with E-state index in [1.807, 2.05) is 28.9 Å². The van der Waals surface area contributed by atoms with Crippen molar-refractivity contribution in [3.8, 4) is 11.3 Å². The van der Waals surface area contributed by atoms with Crippen molar-refractivity contribution in [3.05, 3.63) is 43.2 Å². The molecule has 4 heterocycles. The van der Waals surface area contributed by atoms with Crippen LogP contribution in [0.3, 0.4) is 0 Å². The summed E-state index contributed by atoms with van der Waals surface area (Å²) in [6, 6.07) is 3.79. The highest BCUT2D eigenvalue weighted by Gasteiger charge is 2.10. The minimum absolute atomic E-state index is 0.678. The fourth-order valence-corrected chi connectivity index (χ4v) is 2.02. The molecule has 4 aromatic rings. The minimum Gasteiger partial charge on any atom is -0.343 e. The van der Waals surface area contributed by atoms with E-state index in [4.69, 9.17) is 0 Å². The summed E-state index contributed by atoms with van der Waals surface area (Å²) in [6.07, 6.45) is 8.96. The second-order valence-corrected chi connectivity index (χ2v) is 3.91. The molecule has 0 saturated heterocycles. The smallest absolute Gasteiger partial charge is 0.234 e. The van der Waals surface area contributed by atoms with Gasteiger partial charge in [0.2, 0.25) is 5.78 Å². The van der Waals surface area contributed by atoms with Crippen molar-refractivity contribution in [2.24, 2.45) is 0 Å². The molecule has 0 aliphatic carbocycles. The molecule has 0 amide bonds. The van der Waals surface area contributed by atoms with Gasteiger partial charge in [0.25, 0.3) is 0 Å². The first kappa shape index (κ1) is 9.29. The number of aromatic amines is 1. The fraction of sp³-hybridized carbons (Fsp3) is 0. The number of rotatable bonds is 1. The summed E-state index contributed by atoms with van der Waals surface area (Å²) >= 11 is 0. The number of aromatic nitrogens is 6. The molecule has 0 aliphatic heterocycles. The van der Waals surface area contributed by atoms with Crippen LogP contribution in [0.15, 0.2) is 43.2 Å². The van der Waals surface area contributed by atoms with Crippen molar-refractivity contribution >= 4 is 16.9 Å². The molecule has 0 fully saturated rings. The summed E-state index contributed by atoms with van der Waals surface area (Å²) in [5.74, 6) is 0.678. The highest BCUT2D eigenvalue weighted by Crippen LogP contribution is 2.24. The van der Waals surface area contributed by atoms with Gasteiger partial charge in [-0.15, -0.1) is 0 Å². The minimum atomic E-state index is 0.678. The Hall–Kier alpha value is -2.76. The summed E-state index contributed by atoms with van der Waals surface area (Å²) in [5, 5.41) is 0. The molecule has 18 heavy (non-hydrogen) atoms. The average molecular weight is 236 g/mol. The lowest BCUT2D eigenvalue weighted by Gasteiger charge is -1.96. The summed E-state index contributed by atoms with van der Waals surface area (Å²) in [6.45, 7) is 0. The monoisotopic (exact) mass is 236 g/mol. The second kappa shape index (κ2) is 3.36. The van der Waals surface area contributed by atoms with Crippen LogP contribution in [0, 0.1) is 0 Å². The van der Waals surface area contributed by atoms with Crippen molar-refractivity contribution in [2.75, 3.05) is 0 Å². The molecule has 0 bridgehead atoms. The van der Waals surface area contributed by atoms with Gasteiger partial charge in [-0.3, -0.25) is 4.40 Å². The Kier molecular flexibility index (Phi) is 1.74. The number of pyridine rings is 1. The normalized spacial score (nSPS) is 11.3. The Balaban J connectivity index is 2.04. The predicted octanol–water partition coefficient (Wildman–Crippen LogP) is 1.67. The van der Waals surface area contributed by atoms with Crippen LogP contribution in [-0.4, -0.2) is 29.3 Å². The lowest BCUT2D eigenvalue weighted by Crippen LogP contribution is -1.83. The van der Waals surface area contributed by atoms with Gasteiger partial charge in [-0.25, -0.2) is 19.9 Å². The van der Waals surface area contributed by atoms with Crippen LogP contribution in [0.2, 0.25) is 0 Å². The first-order chi connectivity index (χ1) is 8.92. The van der Waals surface area contributed by atoms with Gasteiger partial charge in [0.1, 0.15) is 0 Å². The largest absolute Gasteiger partial charge is 0.343 e. The SMILES string of the molecule is c1cnc2nc(-c3ccnc4nc[nH]c34)cn2c1. The maximum Gasteiger partial charge on any atom is 0.234 e. The fourth-order valence-electron chi connectivity index (χ4n) is 2.02. The quantitative estimate of drug-likeness (QED) is 0.545. The summed E-state index contributed by atoms with van der Waals surface area (Å²) < 4.78 is 1.89. The Labute approximate surface area is 101 Å². The summed E-state index contributed by atoms with van der Waals surface area (Å²) in [5.41, 5.74) is 3.41. The Morgan fingerprint density at radius 3 is 3.06 bits per heavy atom. The average Bonchev–Trinajstić information content (AvgIpc) is 3.04. The van der Waals surface area contributed by atoms with E-state index in [2.05, 4.69) is 24.9 Å². The topological polar surface area (TPSA) is 71.8 Å². The Bertz CT molecular complexity index is 811. The highest BCUT2D eigenvalue weighted by molar-refractivity contribution is 5.88. The number of imidazole rings is 2. The van der Waals surface area contributed by atoms with Gasteiger partial charge in [0.15, 0.2) is 5.65 Å². The maximum absolute atomic E-state index is 4.49. The van der Waals surface area contributed by atoms with Crippen molar-refractivity contribution in [1.82, 2.24) is 29.3 Å². The van der Waals surface area contributed by atoms with Gasteiger partial charge in [0.05, 0.1) is 17.5 Å². The summed E-state index contributed by atoms with van der Waals surface area (Å²) in [4.78, 5) is 20.1. The zero-order chi connectivity index (χ0) is 11.9. The van der Waals surface area contributed by atoms with Crippen LogP contribution in [0.4, 0.5) is 0 Å². The Morgan fingerprint density at radius 2 is 2.11 bits per heavy atom. The number of nitrogens with zero attached hydrogens (tertiary/aromatic N) is 5. The van der Waals surface area contributed by atoms with Crippen LogP contribution >= 0.6 is 0 Å². The zero-order valence-electron chi connectivity index (χ0n) is 9.28.